The third-order valence-corrected chi connectivity index (χ3v) is 4.28. The van der Waals surface area contributed by atoms with Crippen molar-refractivity contribution in [3.63, 3.8) is 0 Å². The molecular weight excluding hydrogens is 274 g/mol. The lowest BCUT2D eigenvalue weighted by Gasteiger charge is -2.32. The fourth-order valence-corrected chi connectivity index (χ4v) is 2.91. The van der Waals surface area contributed by atoms with Crippen LogP contribution in [0.3, 0.4) is 0 Å². The Hall–Kier alpha value is -2.20. The molecular formula is C18H22N3O+. The first-order valence-electron chi connectivity index (χ1n) is 7.90. The first-order chi connectivity index (χ1) is 10.8. The zero-order valence-electron chi connectivity index (χ0n) is 12.7. The van der Waals surface area contributed by atoms with Crippen LogP contribution in [0.25, 0.3) is 0 Å². The quantitative estimate of drug-likeness (QED) is 0.900. The lowest BCUT2D eigenvalue weighted by Crippen LogP contribution is -3.15. The van der Waals surface area contributed by atoms with Crippen LogP contribution in [0.4, 0.5) is 0 Å². The first kappa shape index (κ1) is 14.7. The lowest BCUT2D eigenvalue weighted by atomic mass is 10.1. The summed E-state index contributed by atoms with van der Waals surface area (Å²) in [5, 5.41) is 0. The van der Waals surface area contributed by atoms with Gasteiger partial charge in [0, 0.05) is 18.8 Å². The maximum absolute atomic E-state index is 12.4. The highest BCUT2D eigenvalue weighted by Gasteiger charge is 2.24. The maximum atomic E-state index is 12.4. The average Bonchev–Trinajstić information content (AvgIpc) is 2.61. The number of piperazine rings is 1. The third kappa shape index (κ3) is 3.71. The fourth-order valence-electron chi connectivity index (χ4n) is 2.91. The lowest BCUT2D eigenvalue weighted by molar-refractivity contribution is -0.903. The molecule has 1 saturated heterocycles. The average molecular weight is 296 g/mol. The second kappa shape index (κ2) is 7.18. The van der Waals surface area contributed by atoms with Gasteiger partial charge in [0.1, 0.15) is 0 Å². The topological polar surface area (TPSA) is 37.6 Å². The van der Waals surface area contributed by atoms with Crippen LogP contribution in [0.15, 0.2) is 54.9 Å². The Bertz CT molecular complexity index is 592. The normalized spacial score (nSPS) is 15.7. The van der Waals surface area contributed by atoms with E-state index in [1.165, 1.54) is 5.56 Å². The van der Waals surface area contributed by atoms with Gasteiger partial charge in [-0.15, -0.1) is 0 Å². The molecule has 0 spiro atoms. The van der Waals surface area contributed by atoms with E-state index in [-0.39, 0.29) is 5.91 Å². The highest BCUT2D eigenvalue weighted by Crippen LogP contribution is 2.03. The SMILES string of the molecule is O=C(c1cccnc1)N1CC[NH+](CCc2ccccc2)CC1. The summed E-state index contributed by atoms with van der Waals surface area (Å²) in [6.07, 6.45) is 4.45. The number of aromatic nitrogens is 1. The molecule has 3 rings (SSSR count). The number of pyridine rings is 1. The van der Waals surface area contributed by atoms with Crippen molar-refractivity contribution in [3.8, 4) is 0 Å². The molecule has 0 atom stereocenters. The maximum Gasteiger partial charge on any atom is 0.255 e. The van der Waals surface area contributed by atoms with E-state index in [0.717, 1.165) is 39.1 Å². The number of nitrogens with one attached hydrogen (secondary N) is 1. The second-order valence-electron chi connectivity index (χ2n) is 5.77. The number of hydrogen-bond donors (Lipinski definition) is 1. The molecule has 0 bridgehead atoms. The molecule has 4 nitrogen and oxygen atoms in total. The molecule has 114 valence electrons. The number of quaternary nitrogens is 1. The van der Waals surface area contributed by atoms with Crippen molar-refractivity contribution >= 4 is 5.91 Å². The number of hydrogen-bond acceptors (Lipinski definition) is 2. The van der Waals surface area contributed by atoms with Crippen molar-refractivity contribution in [1.82, 2.24) is 9.88 Å². The van der Waals surface area contributed by atoms with E-state index in [4.69, 9.17) is 0 Å². The summed E-state index contributed by atoms with van der Waals surface area (Å²) in [4.78, 5) is 19.9. The van der Waals surface area contributed by atoms with Gasteiger partial charge in [0.2, 0.25) is 0 Å². The number of carbonyl (C=O) groups excluding carboxylic acids is 1. The Labute approximate surface area is 131 Å². The van der Waals surface area contributed by atoms with Crippen LogP contribution in [0, 0.1) is 0 Å². The van der Waals surface area contributed by atoms with E-state index in [2.05, 4.69) is 35.3 Å². The van der Waals surface area contributed by atoms with Gasteiger partial charge in [0.25, 0.3) is 5.91 Å². The highest BCUT2D eigenvalue weighted by atomic mass is 16.2. The summed E-state index contributed by atoms with van der Waals surface area (Å²) in [6, 6.07) is 14.3. The van der Waals surface area contributed by atoms with Gasteiger partial charge in [-0.25, -0.2) is 0 Å². The molecule has 2 aromatic rings. The predicted molar refractivity (Wildman–Crippen MR) is 85.9 cm³/mol. The summed E-state index contributed by atoms with van der Waals surface area (Å²) in [6.45, 7) is 4.85. The van der Waals surface area contributed by atoms with Gasteiger partial charge in [-0.1, -0.05) is 30.3 Å². The van der Waals surface area contributed by atoms with Gasteiger partial charge in [0.05, 0.1) is 38.3 Å². The molecule has 1 aliphatic heterocycles. The summed E-state index contributed by atoms with van der Waals surface area (Å²) in [5.41, 5.74) is 2.08. The molecule has 22 heavy (non-hydrogen) atoms. The third-order valence-electron chi connectivity index (χ3n) is 4.28. The van der Waals surface area contributed by atoms with Crippen molar-refractivity contribution in [2.24, 2.45) is 0 Å². The van der Waals surface area contributed by atoms with Gasteiger partial charge >= 0.3 is 0 Å². The molecule has 1 aromatic heterocycles. The van der Waals surface area contributed by atoms with Gasteiger partial charge in [-0.05, 0) is 17.7 Å². The van der Waals surface area contributed by atoms with Crippen molar-refractivity contribution in [2.45, 2.75) is 6.42 Å². The monoisotopic (exact) mass is 296 g/mol. The van der Waals surface area contributed by atoms with E-state index in [1.807, 2.05) is 17.0 Å². The first-order valence-corrected chi connectivity index (χ1v) is 7.90. The van der Waals surface area contributed by atoms with Crippen LogP contribution in [0.2, 0.25) is 0 Å². The molecule has 1 amide bonds. The van der Waals surface area contributed by atoms with Crippen molar-refractivity contribution in [1.29, 1.82) is 0 Å². The molecule has 1 aromatic carbocycles. The Morgan fingerprint density at radius 1 is 1.09 bits per heavy atom. The molecule has 0 radical (unpaired) electrons. The van der Waals surface area contributed by atoms with Gasteiger partial charge < -0.3 is 9.80 Å². The Morgan fingerprint density at radius 2 is 1.86 bits per heavy atom. The number of carbonyl (C=O) groups is 1. The summed E-state index contributed by atoms with van der Waals surface area (Å²) < 4.78 is 0. The largest absolute Gasteiger partial charge is 0.332 e. The molecule has 0 aliphatic carbocycles. The minimum atomic E-state index is 0.107. The number of amides is 1. The molecule has 1 aliphatic rings. The zero-order chi connectivity index (χ0) is 15.2. The van der Waals surface area contributed by atoms with E-state index >= 15 is 0 Å². The number of nitrogens with zero attached hydrogens (tertiary/aromatic N) is 2. The van der Waals surface area contributed by atoms with E-state index < -0.39 is 0 Å². The second-order valence-corrected chi connectivity index (χ2v) is 5.77. The number of benzene rings is 1. The molecule has 0 unspecified atom stereocenters. The Kier molecular flexibility index (Phi) is 4.81. The van der Waals surface area contributed by atoms with Crippen LogP contribution in [-0.2, 0) is 6.42 Å². The Balaban J connectivity index is 1.47. The molecule has 4 heteroatoms. The standard InChI is InChI=1S/C18H21N3O/c22-18(17-7-4-9-19-15-17)21-13-11-20(12-14-21)10-8-16-5-2-1-3-6-16/h1-7,9,15H,8,10-14H2/p+1. The van der Waals surface area contributed by atoms with Crippen LogP contribution < -0.4 is 4.90 Å². The van der Waals surface area contributed by atoms with Crippen molar-refractivity contribution in [3.05, 3.63) is 66.0 Å². The van der Waals surface area contributed by atoms with Crippen LogP contribution in [-0.4, -0.2) is 48.5 Å². The zero-order valence-corrected chi connectivity index (χ0v) is 12.7. The van der Waals surface area contributed by atoms with Crippen LogP contribution in [0.5, 0.6) is 0 Å². The van der Waals surface area contributed by atoms with Crippen molar-refractivity contribution < 1.29 is 9.69 Å². The van der Waals surface area contributed by atoms with Gasteiger partial charge in [0.15, 0.2) is 0 Å². The van der Waals surface area contributed by atoms with E-state index in [9.17, 15) is 4.79 Å². The summed E-state index contributed by atoms with van der Waals surface area (Å²) >= 11 is 0. The smallest absolute Gasteiger partial charge is 0.255 e. The Morgan fingerprint density at radius 3 is 2.55 bits per heavy atom. The summed E-state index contributed by atoms with van der Waals surface area (Å²) in [5.74, 6) is 0.107. The van der Waals surface area contributed by atoms with E-state index in [0.29, 0.717) is 5.56 Å². The fraction of sp³-hybridized carbons (Fsp3) is 0.333. The van der Waals surface area contributed by atoms with Gasteiger partial charge in [-0.2, -0.15) is 0 Å². The summed E-state index contributed by atoms with van der Waals surface area (Å²) in [7, 11) is 0. The molecule has 1 N–H and O–H groups in total. The van der Waals surface area contributed by atoms with E-state index in [1.54, 1.807) is 17.3 Å². The molecule has 0 saturated carbocycles. The van der Waals surface area contributed by atoms with Crippen LogP contribution in [0.1, 0.15) is 15.9 Å². The van der Waals surface area contributed by atoms with Crippen molar-refractivity contribution in [2.75, 3.05) is 32.7 Å². The molecule has 2 heterocycles. The minimum absolute atomic E-state index is 0.107. The highest BCUT2D eigenvalue weighted by molar-refractivity contribution is 5.93. The number of rotatable bonds is 4. The van der Waals surface area contributed by atoms with Gasteiger partial charge in [-0.3, -0.25) is 9.78 Å². The minimum Gasteiger partial charge on any atom is -0.332 e. The van der Waals surface area contributed by atoms with Crippen LogP contribution >= 0.6 is 0 Å². The predicted octanol–water partition coefficient (Wildman–Crippen LogP) is 0.665. The molecule has 1 fully saturated rings.